The van der Waals surface area contributed by atoms with Gasteiger partial charge < -0.3 is 0 Å². The molecule has 15 heavy (non-hydrogen) atoms. The monoisotopic (exact) mass is 219 g/mol. The van der Waals surface area contributed by atoms with Gasteiger partial charge in [-0.3, -0.25) is 0 Å². The summed E-state index contributed by atoms with van der Waals surface area (Å²) in [6.07, 6.45) is 2.45. The highest BCUT2D eigenvalue weighted by Gasteiger charge is 2.22. The van der Waals surface area contributed by atoms with Crippen LogP contribution in [0.3, 0.4) is 0 Å². The number of rotatable bonds is 3. The van der Waals surface area contributed by atoms with Gasteiger partial charge in [-0.2, -0.15) is 0 Å². The summed E-state index contributed by atoms with van der Waals surface area (Å²) in [7, 11) is 0. The molecule has 1 aromatic carbocycles. The summed E-state index contributed by atoms with van der Waals surface area (Å²) in [6, 6.07) is 6.46. The first kappa shape index (κ1) is 10.6. The predicted octanol–water partition coefficient (Wildman–Crippen LogP) is 4.37. The Bertz CT molecular complexity index is 456. The first-order valence-electron chi connectivity index (χ1n) is 5.48. The lowest BCUT2D eigenvalue weighted by Gasteiger charge is -2.25. The second kappa shape index (κ2) is 3.93. The van der Waals surface area contributed by atoms with Crippen molar-refractivity contribution in [2.75, 3.05) is 0 Å². The molecule has 0 spiro atoms. The molecule has 1 nitrogen and oxygen atoms in total. The van der Waals surface area contributed by atoms with Crippen molar-refractivity contribution in [1.82, 2.24) is 4.98 Å². The van der Waals surface area contributed by atoms with Crippen LogP contribution in [0.1, 0.15) is 39.2 Å². The smallest absolute Gasteiger partial charge is 0.0815 e. The van der Waals surface area contributed by atoms with E-state index in [1.54, 1.807) is 11.3 Å². The number of hydrogen-bond acceptors (Lipinski definition) is 2. The molecule has 0 N–H and O–H groups in total. The van der Waals surface area contributed by atoms with E-state index in [0.29, 0.717) is 0 Å². The number of nitrogens with zero attached hydrogens (tertiary/aromatic N) is 1. The third kappa shape index (κ3) is 1.91. The van der Waals surface area contributed by atoms with Gasteiger partial charge >= 0.3 is 0 Å². The molecule has 2 heteroatoms. The lowest BCUT2D eigenvalue weighted by molar-refractivity contribution is 0.477. The highest BCUT2D eigenvalue weighted by molar-refractivity contribution is 7.17. The summed E-state index contributed by atoms with van der Waals surface area (Å²) in [6.45, 7) is 6.89. The van der Waals surface area contributed by atoms with Gasteiger partial charge in [0.25, 0.3) is 0 Å². The van der Waals surface area contributed by atoms with Crippen LogP contribution in [0.25, 0.3) is 10.2 Å². The van der Waals surface area contributed by atoms with E-state index >= 15 is 0 Å². The van der Waals surface area contributed by atoms with Gasteiger partial charge in [-0.25, -0.2) is 4.98 Å². The van der Waals surface area contributed by atoms with Gasteiger partial charge in [0.05, 0.1) is 15.7 Å². The molecule has 0 amide bonds. The van der Waals surface area contributed by atoms with Crippen molar-refractivity contribution in [1.29, 1.82) is 0 Å². The normalized spacial score (nSPS) is 12.2. The molecule has 0 aliphatic rings. The summed E-state index contributed by atoms with van der Waals surface area (Å²) in [5.41, 5.74) is 4.79. The Balaban J connectivity index is 2.55. The van der Waals surface area contributed by atoms with Crippen molar-refractivity contribution in [3.63, 3.8) is 0 Å². The van der Waals surface area contributed by atoms with Crippen molar-refractivity contribution in [2.24, 2.45) is 0 Å². The molecule has 0 bridgehead atoms. The van der Waals surface area contributed by atoms with Crippen LogP contribution in [-0.4, -0.2) is 4.98 Å². The van der Waals surface area contributed by atoms with Gasteiger partial charge in [-0.05, 0) is 23.5 Å². The van der Waals surface area contributed by atoms with Gasteiger partial charge in [0.2, 0.25) is 0 Å². The zero-order chi connectivity index (χ0) is 10.9. The summed E-state index contributed by atoms with van der Waals surface area (Å²) >= 11 is 1.76. The van der Waals surface area contributed by atoms with E-state index in [-0.39, 0.29) is 5.41 Å². The maximum Gasteiger partial charge on any atom is 0.0815 e. The molecule has 0 aliphatic heterocycles. The summed E-state index contributed by atoms with van der Waals surface area (Å²) in [4.78, 5) is 4.37. The fraction of sp³-hybridized carbons (Fsp3) is 0.462. The maximum atomic E-state index is 4.37. The highest BCUT2D eigenvalue weighted by Crippen LogP contribution is 2.35. The zero-order valence-corrected chi connectivity index (χ0v) is 10.4. The standard InChI is InChI=1S/C13H17NS/c1-4-8-13(2,3)10-6-5-7-11-12(10)15-9-14-11/h5-7,9H,4,8H2,1-3H3. The molecule has 2 rings (SSSR count). The lowest BCUT2D eigenvalue weighted by atomic mass is 9.80. The largest absolute Gasteiger partial charge is 0.245 e. The SMILES string of the molecule is CCCC(C)(C)c1cccc2ncsc12. The van der Waals surface area contributed by atoms with E-state index in [1.165, 1.54) is 23.1 Å². The van der Waals surface area contributed by atoms with Crippen molar-refractivity contribution >= 4 is 21.6 Å². The van der Waals surface area contributed by atoms with Crippen LogP contribution in [0.5, 0.6) is 0 Å². The molecule has 1 aromatic heterocycles. The summed E-state index contributed by atoms with van der Waals surface area (Å²) < 4.78 is 1.36. The first-order valence-corrected chi connectivity index (χ1v) is 6.36. The minimum absolute atomic E-state index is 0.265. The van der Waals surface area contributed by atoms with E-state index in [0.717, 1.165) is 5.52 Å². The third-order valence-corrected chi connectivity index (χ3v) is 3.84. The maximum absolute atomic E-state index is 4.37. The van der Waals surface area contributed by atoms with Crippen molar-refractivity contribution in [3.8, 4) is 0 Å². The molecule has 0 saturated heterocycles. The molecule has 1 heterocycles. The number of benzene rings is 1. The third-order valence-electron chi connectivity index (χ3n) is 2.96. The van der Waals surface area contributed by atoms with Gasteiger partial charge in [0.15, 0.2) is 0 Å². The van der Waals surface area contributed by atoms with Crippen LogP contribution in [0.15, 0.2) is 23.7 Å². The minimum Gasteiger partial charge on any atom is -0.245 e. The Morgan fingerprint density at radius 1 is 1.33 bits per heavy atom. The van der Waals surface area contributed by atoms with E-state index in [9.17, 15) is 0 Å². The lowest BCUT2D eigenvalue weighted by Crippen LogP contribution is -2.16. The van der Waals surface area contributed by atoms with Gasteiger partial charge in [0, 0.05) is 0 Å². The molecule has 0 atom stereocenters. The number of hydrogen-bond donors (Lipinski definition) is 0. The molecule has 80 valence electrons. The average molecular weight is 219 g/mol. The van der Waals surface area contributed by atoms with Gasteiger partial charge in [-0.1, -0.05) is 39.3 Å². The van der Waals surface area contributed by atoms with E-state index in [4.69, 9.17) is 0 Å². The van der Waals surface area contributed by atoms with Crippen LogP contribution in [-0.2, 0) is 5.41 Å². The fourth-order valence-corrected chi connectivity index (χ4v) is 3.16. The molecule has 0 aliphatic carbocycles. The van der Waals surface area contributed by atoms with Crippen LogP contribution < -0.4 is 0 Å². The quantitative estimate of drug-likeness (QED) is 0.746. The first-order chi connectivity index (χ1) is 7.15. The molecule has 0 unspecified atom stereocenters. The van der Waals surface area contributed by atoms with Gasteiger partial charge in [0.1, 0.15) is 0 Å². The molecule has 2 aromatic rings. The van der Waals surface area contributed by atoms with Crippen LogP contribution in [0.2, 0.25) is 0 Å². The topological polar surface area (TPSA) is 12.9 Å². The molecular formula is C13H17NS. The second-order valence-corrected chi connectivity index (χ2v) is 5.49. The summed E-state index contributed by atoms with van der Waals surface area (Å²) in [5.74, 6) is 0. The Hall–Kier alpha value is -0.890. The summed E-state index contributed by atoms with van der Waals surface area (Å²) in [5, 5.41) is 0. The molecular weight excluding hydrogens is 202 g/mol. The molecule has 0 saturated carbocycles. The highest BCUT2D eigenvalue weighted by atomic mass is 32.1. The Kier molecular flexibility index (Phi) is 2.79. The second-order valence-electron chi connectivity index (χ2n) is 4.64. The predicted molar refractivity (Wildman–Crippen MR) is 67.6 cm³/mol. The van der Waals surface area contributed by atoms with Gasteiger partial charge in [-0.15, -0.1) is 11.3 Å². The Morgan fingerprint density at radius 3 is 2.87 bits per heavy atom. The van der Waals surface area contributed by atoms with E-state index < -0.39 is 0 Å². The minimum atomic E-state index is 0.265. The Morgan fingerprint density at radius 2 is 2.13 bits per heavy atom. The van der Waals surface area contributed by atoms with Crippen LogP contribution in [0, 0.1) is 0 Å². The molecule has 0 radical (unpaired) electrons. The van der Waals surface area contributed by atoms with E-state index in [1.807, 2.05) is 5.51 Å². The Labute approximate surface area is 95.2 Å². The average Bonchev–Trinajstić information content (AvgIpc) is 2.64. The number of fused-ring (bicyclic) bond motifs is 1. The number of aromatic nitrogens is 1. The zero-order valence-electron chi connectivity index (χ0n) is 9.58. The van der Waals surface area contributed by atoms with Crippen molar-refractivity contribution < 1.29 is 0 Å². The van der Waals surface area contributed by atoms with Crippen LogP contribution >= 0.6 is 11.3 Å². The van der Waals surface area contributed by atoms with Crippen LogP contribution in [0.4, 0.5) is 0 Å². The van der Waals surface area contributed by atoms with Crippen molar-refractivity contribution in [3.05, 3.63) is 29.3 Å². The van der Waals surface area contributed by atoms with E-state index in [2.05, 4.69) is 44.0 Å². The van der Waals surface area contributed by atoms with Crippen molar-refractivity contribution in [2.45, 2.75) is 39.0 Å². The fourth-order valence-electron chi connectivity index (χ4n) is 2.18. The molecule has 0 fully saturated rings. The number of thiazole rings is 1.